The number of rotatable bonds is 4. The fourth-order valence-corrected chi connectivity index (χ4v) is 2.34. The molecule has 5 heteroatoms. The average molecular weight is 295 g/mol. The van der Waals surface area contributed by atoms with E-state index in [1.807, 2.05) is 50.2 Å². The zero-order valence-corrected chi connectivity index (χ0v) is 12.8. The van der Waals surface area contributed by atoms with Crippen molar-refractivity contribution in [3.8, 4) is 11.3 Å². The first kappa shape index (κ1) is 14.1. The summed E-state index contributed by atoms with van der Waals surface area (Å²) in [5, 5.41) is 0. The van der Waals surface area contributed by atoms with E-state index in [4.69, 9.17) is 4.42 Å². The highest BCUT2D eigenvalue weighted by molar-refractivity contribution is 6.08. The Morgan fingerprint density at radius 3 is 2.82 bits per heavy atom. The van der Waals surface area contributed by atoms with E-state index in [0.717, 1.165) is 11.1 Å². The van der Waals surface area contributed by atoms with Gasteiger partial charge in [-0.1, -0.05) is 24.3 Å². The molecule has 22 heavy (non-hydrogen) atoms. The van der Waals surface area contributed by atoms with E-state index in [9.17, 15) is 4.79 Å². The van der Waals surface area contributed by atoms with Gasteiger partial charge in [-0.25, -0.2) is 0 Å². The third-order valence-corrected chi connectivity index (χ3v) is 3.42. The molecular weight excluding hydrogens is 278 g/mol. The topological polar surface area (TPSA) is 50.8 Å². The van der Waals surface area contributed by atoms with Gasteiger partial charge in [0.15, 0.2) is 0 Å². The van der Waals surface area contributed by atoms with Crippen LogP contribution in [0.2, 0.25) is 0 Å². The summed E-state index contributed by atoms with van der Waals surface area (Å²) in [7, 11) is 3.74. The highest BCUT2D eigenvalue weighted by Gasteiger charge is 2.21. The van der Waals surface area contributed by atoms with Crippen molar-refractivity contribution in [2.45, 2.75) is 6.92 Å². The van der Waals surface area contributed by atoms with E-state index in [1.165, 1.54) is 12.3 Å². The zero-order chi connectivity index (χ0) is 15.7. The second-order valence-corrected chi connectivity index (χ2v) is 5.32. The molecule has 3 rings (SSSR count). The zero-order valence-electron chi connectivity index (χ0n) is 12.8. The van der Waals surface area contributed by atoms with Crippen LogP contribution in [0.3, 0.4) is 0 Å². The van der Waals surface area contributed by atoms with Gasteiger partial charge in [-0.3, -0.25) is 9.20 Å². The molecule has 0 fully saturated rings. The molecule has 0 atom stereocenters. The Morgan fingerprint density at radius 2 is 2.09 bits per heavy atom. The first-order valence-corrected chi connectivity index (χ1v) is 6.98. The van der Waals surface area contributed by atoms with Crippen LogP contribution in [0, 0.1) is 6.92 Å². The van der Waals surface area contributed by atoms with Crippen molar-refractivity contribution in [2.24, 2.45) is 0 Å². The molecule has 0 amide bonds. The van der Waals surface area contributed by atoms with Crippen molar-refractivity contribution in [2.75, 3.05) is 14.1 Å². The Balaban J connectivity index is 2.19. The van der Waals surface area contributed by atoms with Crippen LogP contribution < -0.4 is 0 Å². The standard InChI is InChI=1S/C17H17N3O2/c1-12-6-4-5-7-13(12)15-16(14(21)8-9-19(2)3)20-10-11-22-17(20)18-15/h4-11H,1-3H3. The number of ketones is 1. The van der Waals surface area contributed by atoms with Crippen molar-refractivity contribution in [1.29, 1.82) is 0 Å². The maximum absolute atomic E-state index is 12.6. The number of hydrogen-bond acceptors (Lipinski definition) is 4. The third-order valence-electron chi connectivity index (χ3n) is 3.42. The lowest BCUT2D eigenvalue weighted by Gasteiger charge is -2.05. The normalized spacial score (nSPS) is 11.4. The van der Waals surface area contributed by atoms with Crippen LogP contribution in [-0.4, -0.2) is 34.2 Å². The van der Waals surface area contributed by atoms with Crippen LogP contribution in [0.4, 0.5) is 0 Å². The third kappa shape index (κ3) is 2.41. The van der Waals surface area contributed by atoms with Crippen molar-refractivity contribution >= 4 is 11.6 Å². The molecule has 0 aliphatic carbocycles. The van der Waals surface area contributed by atoms with E-state index in [-0.39, 0.29) is 5.78 Å². The minimum absolute atomic E-state index is 0.110. The molecule has 0 spiro atoms. The van der Waals surface area contributed by atoms with Gasteiger partial charge in [0.2, 0.25) is 5.78 Å². The maximum Gasteiger partial charge on any atom is 0.306 e. The van der Waals surface area contributed by atoms with E-state index >= 15 is 0 Å². The molecule has 2 aromatic heterocycles. The Bertz CT molecular complexity index is 856. The monoisotopic (exact) mass is 295 g/mol. The van der Waals surface area contributed by atoms with Gasteiger partial charge in [0.1, 0.15) is 17.7 Å². The summed E-state index contributed by atoms with van der Waals surface area (Å²) in [5.74, 6) is 0.306. The van der Waals surface area contributed by atoms with Crippen LogP contribution in [0.15, 0.2) is 53.4 Å². The van der Waals surface area contributed by atoms with Crippen LogP contribution in [0.5, 0.6) is 0 Å². The van der Waals surface area contributed by atoms with Gasteiger partial charge in [0, 0.05) is 38.1 Å². The minimum Gasteiger partial charge on any atom is -0.432 e. The van der Waals surface area contributed by atoms with Gasteiger partial charge in [0.25, 0.3) is 0 Å². The quantitative estimate of drug-likeness (QED) is 0.548. The smallest absolute Gasteiger partial charge is 0.306 e. The predicted molar refractivity (Wildman–Crippen MR) is 84.8 cm³/mol. The highest BCUT2D eigenvalue weighted by atomic mass is 16.3. The van der Waals surface area contributed by atoms with E-state index < -0.39 is 0 Å². The summed E-state index contributed by atoms with van der Waals surface area (Å²) in [6.45, 7) is 2.00. The van der Waals surface area contributed by atoms with Crippen LogP contribution in [-0.2, 0) is 0 Å². The number of aryl methyl sites for hydroxylation is 1. The van der Waals surface area contributed by atoms with E-state index in [0.29, 0.717) is 17.2 Å². The molecule has 0 bridgehead atoms. The Kier molecular flexibility index (Phi) is 3.55. The Labute approximate surface area is 128 Å². The molecule has 0 saturated carbocycles. The largest absolute Gasteiger partial charge is 0.432 e. The Morgan fingerprint density at radius 1 is 1.32 bits per heavy atom. The number of fused-ring (bicyclic) bond motifs is 1. The number of benzene rings is 1. The number of carbonyl (C=O) groups is 1. The van der Waals surface area contributed by atoms with Gasteiger partial charge >= 0.3 is 5.84 Å². The maximum atomic E-state index is 12.6. The van der Waals surface area contributed by atoms with Gasteiger partial charge < -0.3 is 9.32 Å². The van der Waals surface area contributed by atoms with Crippen LogP contribution >= 0.6 is 0 Å². The molecule has 2 heterocycles. The fourth-order valence-electron chi connectivity index (χ4n) is 2.34. The van der Waals surface area contributed by atoms with Gasteiger partial charge in [0.05, 0.1) is 0 Å². The van der Waals surface area contributed by atoms with E-state index in [2.05, 4.69) is 4.98 Å². The summed E-state index contributed by atoms with van der Waals surface area (Å²) in [4.78, 5) is 18.9. The summed E-state index contributed by atoms with van der Waals surface area (Å²) < 4.78 is 7.03. The number of carbonyl (C=O) groups excluding carboxylic acids is 1. The second kappa shape index (κ2) is 5.52. The summed E-state index contributed by atoms with van der Waals surface area (Å²) in [6.07, 6.45) is 6.50. The number of aromatic nitrogens is 2. The molecule has 1 aromatic carbocycles. The first-order valence-electron chi connectivity index (χ1n) is 6.98. The van der Waals surface area contributed by atoms with Gasteiger partial charge in [-0.15, -0.1) is 0 Å². The van der Waals surface area contributed by atoms with Crippen molar-refractivity contribution in [3.63, 3.8) is 0 Å². The van der Waals surface area contributed by atoms with Crippen LogP contribution in [0.1, 0.15) is 16.1 Å². The van der Waals surface area contributed by atoms with Crippen molar-refractivity contribution < 1.29 is 9.21 Å². The van der Waals surface area contributed by atoms with Gasteiger partial charge in [-0.2, -0.15) is 4.98 Å². The number of nitrogens with zero attached hydrogens (tertiary/aromatic N) is 3. The van der Waals surface area contributed by atoms with Gasteiger partial charge in [-0.05, 0) is 12.5 Å². The number of allylic oxidation sites excluding steroid dienone is 1. The molecule has 0 unspecified atom stereocenters. The van der Waals surface area contributed by atoms with Crippen molar-refractivity contribution in [1.82, 2.24) is 14.3 Å². The lowest BCUT2D eigenvalue weighted by molar-refractivity contribution is 0.104. The molecule has 0 radical (unpaired) electrons. The fraction of sp³-hybridized carbons (Fsp3) is 0.176. The molecule has 5 nitrogen and oxygen atoms in total. The molecular formula is C17H17N3O2. The molecule has 3 aromatic rings. The lowest BCUT2D eigenvalue weighted by atomic mass is 10.0. The minimum atomic E-state index is -0.110. The number of imidazole rings is 1. The average Bonchev–Trinajstić information content (AvgIpc) is 3.05. The number of hydrogen-bond donors (Lipinski definition) is 0. The second-order valence-electron chi connectivity index (χ2n) is 5.32. The molecule has 112 valence electrons. The molecule has 0 aliphatic heterocycles. The number of oxazole rings is 1. The predicted octanol–water partition coefficient (Wildman–Crippen LogP) is 3.16. The van der Waals surface area contributed by atoms with Crippen LogP contribution in [0.25, 0.3) is 17.1 Å². The van der Waals surface area contributed by atoms with Crippen molar-refractivity contribution in [3.05, 3.63) is 60.3 Å². The highest BCUT2D eigenvalue weighted by Crippen LogP contribution is 2.28. The molecule has 0 saturated heterocycles. The van der Waals surface area contributed by atoms with E-state index in [1.54, 1.807) is 16.8 Å². The first-order chi connectivity index (χ1) is 10.6. The molecule has 0 aliphatic rings. The summed E-state index contributed by atoms with van der Waals surface area (Å²) in [6, 6.07) is 7.86. The summed E-state index contributed by atoms with van der Waals surface area (Å²) >= 11 is 0. The lowest BCUT2D eigenvalue weighted by Crippen LogP contribution is -2.06. The Hall–Kier alpha value is -2.82. The SMILES string of the molecule is Cc1ccccc1-c1nc2occn2c1C(=O)C=CN(C)C. The summed E-state index contributed by atoms with van der Waals surface area (Å²) in [5.41, 5.74) is 3.15. The molecule has 0 N–H and O–H groups in total.